The molecule has 1 heterocycles. The minimum atomic E-state index is -1.10. The molecule has 21 heavy (non-hydrogen) atoms. The molecule has 0 saturated carbocycles. The second-order valence-corrected chi connectivity index (χ2v) is 4.67. The molecule has 2 aromatic rings. The van der Waals surface area contributed by atoms with Crippen LogP contribution in [-0.4, -0.2) is 26.8 Å². The lowest BCUT2D eigenvalue weighted by atomic mass is 10.1. The van der Waals surface area contributed by atoms with Gasteiger partial charge in [-0.05, 0) is 12.0 Å². The summed E-state index contributed by atoms with van der Waals surface area (Å²) in [6, 6.07) is 7.52. The number of carboxylic acid groups (broad SMARTS) is 1. The molecule has 0 aliphatic rings. The molecule has 0 fully saturated rings. The zero-order chi connectivity index (χ0) is 15.4. The Labute approximate surface area is 122 Å². The van der Waals surface area contributed by atoms with Crippen LogP contribution >= 0.6 is 0 Å². The number of aryl methyl sites for hydroxylation is 2. The summed E-state index contributed by atoms with van der Waals surface area (Å²) < 4.78 is 1.55. The van der Waals surface area contributed by atoms with Crippen LogP contribution in [0.3, 0.4) is 0 Å². The van der Waals surface area contributed by atoms with E-state index in [1.807, 2.05) is 6.92 Å². The molecule has 0 spiro atoms. The van der Waals surface area contributed by atoms with E-state index >= 15 is 0 Å². The van der Waals surface area contributed by atoms with Crippen LogP contribution in [0.1, 0.15) is 34.6 Å². The summed E-state index contributed by atoms with van der Waals surface area (Å²) in [5.41, 5.74) is 1.58. The number of aromatic nitrogens is 2. The predicted molar refractivity (Wildman–Crippen MR) is 76.9 cm³/mol. The van der Waals surface area contributed by atoms with Crippen LogP contribution < -0.4 is 5.32 Å². The van der Waals surface area contributed by atoms with Crippen LogP contribution in [0.4, 0.5) is 0 Å². The van der Waals surface area contributed by atoms with Gasteiger partial charge in [0.25, 0.3) is 5.91 Å². The van der Waals surface area contributed by atoms with Gasteiger partial charge in [0, 0.05) is 13.2 Å². The number of nitrogens with one attached hydrogen (secondary N) is 1. The van der Waals surface area contributed by atoms with Crippen LogP contribution in [-0.2, 0) is 18.3 Å². The Hall–Kier alpha value is -2.63. The minimum Gasteiger partial charge on any atom is -0.479 e. The van der Waals surface area contributed by atoms with E-state index in [1.54, 1.807) is 48.3 Å². The Bertz CT molecular complexity index is 649. The molecule has 6 nitrogen and oxygen atoms in total. The van der Waals surface area contributed by atoms with Crippen molar-refractivity contribution in [1.29, 1.82) is 0 Å². The standard InChI is InChI=1S/C15H17N3O3/c1-3-12-11(9-18(2)17-12)14(19)16-13(15(20)21)10-7-5-4-6-8-10/h4-9,13H,3H2,1-2H3,(H,16,19)(H,20,21)/t13-/m0/s1. The number of rotatable bonds is 5. The first-order valence-electron chi connectivity index (χ1n) is 6.64. The van der Waals surface area contributed by atoms with E-state index in [1.165, 1.54) is 0 Å². The summed E-state index contributed by atoms with van der Waals surface area (Å²) in [7, 11) is 1.72. The average molecular weight is 287 g/mol. The maximum atomic E-state index is 12.3. The zero-order valence-electron chi connectivity index (χ0n) is 11.9. The van der Waals surface area contributed by atoms with Gasteiger partial charge in [0.15, 0.2) is 6.04 Å². The van der Waals surface area contributed by atoms with Gasteiger partial charge in [-0.15, -0.1) is 0 Å². The minimum absolute atomic E-state index is 0.405. The van der Waals surface area contributed by atoms with Crippen LogP contribution in [0.5, 0.6) is 0 Å². The Balaban J connectivity index is 2.25. The average Bonchev–Trinajstić information content (AvgIpc) is 2.86. The number of carbonyl (C=O) groups excluding carboxylic acids is 1. The van der Waals surface area contributed by atoms with E-state index in [4.69, 9.17) is 0 Å². The van der Waals surface area contributed by atoms with E-state index in [0.29, 0.717) is 23.2 Å². The van der Waals surface area contributed by atoms with Crippen LogP contribution in [0, 0.1) is 0 Å². The molecule has 2 rings (SSSR count). The Morgan fingerprint density at radius 2 is 2.00 bits per heavy atom. The third kappa shape index (κ3) is 3.28. The van der Waals surface area contributed by atoms with Gasteiger partial charge in [0.05, 0.1) is 11.3 Å². The van der Waals surface area contributed by atoms with Gasteiger partial charge in [-0.1, -0.05) is 37.3 Å². The van der Waals surface area contributed by atoms with E-state index in [2.05, 4.69) is 10.4 Å². The number of amides is 1. The summed E-state index contributed by atoms with van der Waals surface area (Å²) in [6.07, 6.45) is 2.20. The van der Waals surface area contributed by atoms with Gasteiger partial charge in [-0.2, -0.15) is 5.10 Å². The number of hydrogen-bond donors (Lipinski definition) is 2. The van der Waals surface area contributed by atoms with Gasteiger partial charge in [-0.3, -0.25) is 9.48 Å². The number of carboxylic acids is 1. The van der Waals surface area contributed by atoms with Crippen molar-refractivity contribution >= 4 is 11.9 Å². The van der Waals surface area contributed by atoms with Crippen molar-refractivity contribution < 1.29 is 14.7 Å². The molecule has 0 radical (unpaired) electrons. The first-order valence-corrected chi connectivity index (χ1v) is 6.64. The second kappa shape index (κ2) is 6.21. The zero-order valence-corrected chi connectivity index (χ0v) is 11.9. The Kier molecular flexibility index (Phi) is 4.37. The molecule has 0 aliphatic carbocycles. The van der Waals surface area contributed by atoms with Crippen molar-refractivity contribution in [2.45, 2.75) is 19.4 Å². The normalized spacial score (nSPS) is 11.9. The van der Waals surface area contributed by atoms with Crippen LogP contribution in [0.2, 0.25) is 0 Å². The summed E-state index contributed by atoms with van der Waals surface area (Å²) >= 11 is 0. The number of hydrogen-bond acceptors (Lipinski definition) is 3. The van der Waals surface area contributed by atoms with Crippen LogP contribution in [0.15, 0.2) is 36.5 Å². The van der Waals surface area contributed by atoms with Gasteiger partial charge in [0.2, 0.25) is 0 Å². The van der Waals surface area contributed by atoms with Crippen molar-refractivity contribution in [3.8, 4) is 0 Å². The molecule has 0 aliphatic heterocycles. The Morgan fingerprint density at radius 3 is 2.57 bits per heavy atom. The SMILES string of the molecule is CCc1nn(C)cc1C(=O)N[C@H](C(=O)O)c1ccccc1. The molecule has 0 bridgehead atoms. The fourth-order valence-corrected chi connectivity index (χ4v) is 2.13. The summed E-state index contributed by atoms with van der Waals surface area (Å²) in [6.45, 7) is 1.89. The number of benzene rings is 1. The van der Waals surface area contributed by atoms with Crippen molar-refractivity contribution in [3.05, 3.63) is 53.3 Å². The number of aliphatic carboxylic acids is 1. The quantitative estimate of drug-likeness (QED) is 0.873. The maximum Gasteiger partial charge on any atom is 0.330 e. The van der Waals surface area contributed by atoms with E-state index < -0.39 is 17.9 Å². The second-order valence-electron chi connectivity index (χ2n) is 4.67. The highest BCUT2D eigenvalue weighted by Gasteiger charge is 2.24. The third-order valence-electron chi connectivity index (χ3n) is 3.14. The lowest BCUT2D eigenvalue weighted by Crippen LogP contribution is -2.34. The lowest BCUT2D eigenvalue weighted by molar-refractivity contribution is -0.139. The summed E-state index contributed by atoms with van der Waals surface area (Å²) in [4.78, 5) is 23.7. The summed E-state index contributed by atoms with van der Waals surface area (Å²) in [5.74, 6) is -1.53. The van der Waals surface area contributed by atoms with Crippen molar-refractivity contribution in [3.63, 3.8) is 0 Å². The molecule has 1 aromatic heterocycles. The lowest BCUT2D eigenvalue weighted by Gasteiger charge is -2.14. The van der Waals surface area contributed by atoms with Gasteiger partial charge >= 0.3 is 5.97 Å². The van der Waals surface area contributed by atoms with Gasteiger partial charge in [-0.25, -0.2) is 4.79 Å². The first kappa shape index (κ1) is 14.8. The van der Waals surface area contributed by atoms with Gasteiger partial charge < -0.3 is 10.4 Å². The highest BCUT2D eigenvalue weighted by molar-refractivity contribution is 5.97. The number of carbonyl (C=O) groups is 2. The highest BCUT2D eigenvalue weighted by atomic mass is 16.4. The fourth-order valence-electron chi connectivity index (χ4n) is 2.13. The molecule has 2 N–H and O–H groups in total. The summed E-state index contributed by atoms with van der Waals surface area (Å²) in [5, 5.41) is 16.0. The maximum absolute atomic E-state index is 12.3. The van der Waals surface area contributed by atoms with E-state index in [-0.39, 0.29) is 0 Å². The molecule has 1 amide bonds. The topological polar surface area (TPSA) is 84.2 Å². The smallest absolute Gasteiger partial charge is 0.330 e. The van der Waals surface area contributed by atoms with Gasteiger partial charge in [0.1, 0.15) is 0 Å². The van der Waals surface area contributed by atoms with E-state index in [9.17, 15) is 14.7 Å². The molecule has 1 aromatic carbocycles. The first-order chi connectivity index (χ1) is 10.0. The predicted octanol–water partition coefficient (Wildman–Crippen LogP) is 1.54. The molecular weight excluding hydrogens is 270 g/mol. The number of nitrogens with zero attached hydrogens (tertiary/aromatic N) is 2. The molecule has 110 valence electrons. The molecule has 0 unspecified atom stereocenters. The largest absolute Gasteiger partial charge is 0.479 e. The van der Waals surface area contributed by atoms with Crippen molar-refractivity contribution in [2.24, 2.45) is 7.05 Å². The molecule has 6 heteroatoms. The fraction of sp³-hybridized carbons (Fsp3) is 0.267. The van der Waals surface area contributed by atoms with Crippen molar-refractivity contribution in [1.82, 2.24) is 15.1 Å². The molecule has 0 saturated heterocycles. The van der Waals surface area contributed by atoms with E-state index in [0.717, 1.165) is 0 Å². The highest BCUT2D eigenvalue weighted by Crippen LogP contribution is 2.15. The Morgan fingerprint density at radius 1 is 1.33 bits per heavy atom. The monoisotopic (exact) mass is 287 g/mol. The third-order valence-corrected chi connectivity index (χ3v) is 3.14. The molecule has 1 atom stereocenters. The van der Waals surface area contributed by atoms with Crippen molar-refractivity contribution in [2.75, 3.05) is 0 Å². The van der Waals surface area contributed by atoms with Crippen LogP contribution in [0.25, 0.3) is 0 Å². The molecular formula is C15H17N3O3.